The van der Waals surface area contributed by atoms with Gasteiger partial charge in [-0.25, -0.2) is 9.98 Å². The van der Waals surface area contributed by atoms with Crippen molar-refractivity contribution in [2.24, 2.45) is 4.99 Å². The standard InChI is InChI=1S/C20H28N4O2.HI/c1-4-21-20(23-14-17-9-7-16(2)8-10-17)24-15-18-6-5-11-22-19(18)26-13-12-25-3;/h5-11H,4,12-15H2,1-3H3,(H2,21,23,24);1H. The number of halogens is 1. The number of pyridine rings is 1. The Morgan fingerprint density at radius 2 is 1.89 bits per heavy atom. The first-order chi connectivity index (χ1) is 12.7. The molecule has 0 saturated carbocycles. The maximum Gasteiger partial charge on any atom is 0.218 e. The Balaban J connectivity index is 0.00000364. The van der Waals surface area contributed by atoms with E-state index in [1.165, 1.54) is 11.1 Å². The summed E-state index contributed by atoms with van der Waals surface area (Å²) in [6.07, 6.45) is 1.72. The van der Waals surface area contributed by atoms with Crippen molar-refractivity contribution in [2.45, 2.75) is 26.9 Å². The lowest BCUT2D eigenvalue weighted by atomic mass is 10.1. The smallest absolute Gasteiger partial charge is 0.218 e. The molecule has 7 heteroatoms. The lowest BCUT2D eigenvalue weighted by Crippen LogP contribution is -2.36. The summed E-state index contributed by atoms with van der Waals surface area (Å²) in [4.78, 5) is 8.94. The molecule has 148 valence electrons. The number of rotatable bonds is 9. The summed E-state index contributed by atoms with van der Waals surface area (Å²) in [5.74, 6) is 1.38. The summed E-state index contributed by atoms with van der Waals surface area (Å²) in [5, 5.41) is 6.60. The minimum absolute atomic E-state index is 0. The Hall–Kier alpha value is -1.87. The summed E-state index contributed by atoms with van der Waals surface area (Å²) < 4.78 is 10.7. The SMILES string of the molecule is CCNC(=NCc1ccc(C)cc1)NCc1cccnc1OCCOC.I. The van der Waals surface area contributed by atoms with Crippen LogP contribution in [0.5, 0.6) is 5.88 Å². The van der Waals surface area contributed by atoms with Crippen molar-refractivity contribution < 1.29 is 9.47 Å². The van der Waals surface area contributed by atoms with Gasteiger partial charge in [0.1, 0.15) is 6.61 Å². The van der Waals surface area contributed by atoms with Crippen LogP contribution in [0, 0.1) is 6.92 Å². The van der Waals surface area contributed by atoms with Crippen molar-refractivity contribution >= 4 is 29.9 Å². The Bertz CT molecular complexity index is 693. The Morgan fingerprint density at radius 1 is 1.11 bits per heavy atom. The minimum Gasteiger partial charge on any atom is -0.475 e. The molecule has 6 nitrogen and oxygen atoms in total. The molecule has 0 atom stereocenters. The van der Waals surface area contributed by atoms with E-state index in [0.717, 1.165) is 18.1 Å². The lowest BCUT2D eigenvalue weighted by molar-refractivity contribution is 0.143. The summed E-state index contributed by atoms with van der Waals surface area (Å²) in [6, 6.07) is 12.3. The average molecular weight is 484 g/mol. The van der Waals surface area contributed by atoms with E-state index in [2.05, 4.69) is 51.8 Å². The van der Waals surface area contributed by atoms with Crippen LogP contribution >= 0.6 is 24.0 Å². The molecule has 0 spiro atoms. The van der Waals surface area contributed by atoms with Crippen molar-refractivity contribution in [1.82, 2.24) is 15.6 Å². The highest BCUT2D eigenvalue weighted by atomic mass is 127. The van der Waals surface area contributed by atoms with E-state index < -0.39 is 0 Å². The van der Waals surface area contributed by atoms with Crippen molar-refractivity contribution in [3.63, 3.8) is 0 Å². The second-order valence-electron chi connectivity index (χ2n) is 5.84. The van der Waals surface area contributed by atoms with Crippen LogP contribution in [-0.2, 0) is 17.8 Å². The zero-order chi connectivity index (χ0) is 18.6. The molecule has 1 heterocycles. The Kier molecular flexibility index (Phi) is 11.4. The molecule has 0 radical (unpaired) electrons. The van der Waals surface area contributed by atoms with Gasteiger partial charge in [0.05, 0.1) is 13.2 Å². The predicted octanol–water partition coefficient (Wildman–Crippen LogP) is 3.29. The number of guanidine groups is 1. The maximum absolute atomic E-state index is 5.67. The molecule has 0 fully saturated rings. The highest BCUT2D eigenvalue weighted by Crippen LogP contribution is 2.13. The van der Waals surface area contributed by atoms with Crippen molar-refractivity contribution in [2.75, 3.05) is 26.9 Å². The Morgan fingerprint density at radius 3 is 2.59 bits per heavy atom. The van der Waals surface area contributed by atoms with E-state index in [4.69, 9.17) is 9.47 Å². The Labute approximate surface area is 178 Å². The fourth-order valence-electron chi connectivity index (χ4n) is 2.29. The van der Waals surface area contributed by atoms with E-state index in [0.29, 0.717) is 32.2 Å². The van der Waals surface area contributed by atoms with Gasteiger partial charge >= 0.3 is 0 Å². The first kappa shape index (κ1) is 23.2. The summed E-state index contributed by atoms with van der Waals surface area (Å²) >= 11 is 0. The highest BCUT2D eigenvalue weighted by molar-refractivity contribution is 14.0. The molecule has 2 rings (SSSR count). The zero-order valence-electron chi connectivity index (χ0n) is 16.2. The van der Waals surface area contributed by atoms with E-state index in [1.807, 2.05) is 19.1 Å². The van der Waals surface area contributed by atoms with Crippen LogP contribution in [0.1, 0.15) is 23.6 Å². The summed E-state index contributed by atoms with van der Waals surface area (Å²) in [5.41, 5.74) is 3.41. The van der Waals surface area contributed by atoms with Crippen LogP contribution in [0.4, 0.5) is 0 Å². The third-order valence-electron chi connectivity index (χ3n) is 3.71. The maximum atomic E-state index is 5.67. The lowest BCUT2D eigenvalue weighted by Gasteiger charge is -2.14. The number of hydrogen-bond acceptors (Lipinski definition) is 4. The van der Waals surface area contributed by atoms with Gasteiger partial charge in [0.25, 0.3) is 0 Å². The number of aryl methyl sites for hydroxylation is 1. The third kappa shape index (κ3) is 8.57. The second kappa shape index (κ2) is 13.3. The van der Waals surface area contributed by atoms with Crippen LogP contribution in [0.25, 0.3) is 0 Å². The van der Waals surface area contributed by atoms with E-state index in [9.17, 15) is 0 Å². The van der Waals surface area contributed by atoms with Crippen LogP contribution in [0.15, 0.2) is 47.6 Å². The van der Waals surface area contributed by atoms with Gasteiger partial charge in [0.2, 0.25) is 5.88 Å². The fourth-order valence-corrected chi connectivity index (χ4v) is 2.29. The van der Waals surface area contributed by atoms with Gasteiger partial charge in [0, 0.05) is 32.0 Å². The summed E-state index contributed by atoms with van der Waals surface area (Å²) in [6.45, 7) is 7.14. The largest absolute Gasteiger partial charge is 0.475 e. The van der Waals surface area contributed by atoms with Crippen molar-refractivity contribution in [3.8, 4) is 5.88 Å². The molecule has 2 aromatic rings. The van der Waals surface area contributed by atoms with E-state index >= 15 is 0 Å². The zero-order valence-corrected chi connectivity index (χ0v) is 18.5. The third-order valence-corrected chi connectivity index (χ3v) is 3.71. The quantitative estimate of drug-likeness (QED) is 0.248. The number of hydrogen-bond donors (Lipinski definition) is 2. The van der Waals surface area contributed by atoms with E-state index in [-0.39, 0.29) is 24.0 Å². The molecule has 0 amide bonds. The van der Waals surface area contributed by atoms with Crippen LogP contribution < -0.4 is 15.4 Å². The molecule has 0 unspecified atom stereocenters. The number of aromatic nitrogens is 1. The van der Waals surface area contributed by atoms with Crippen LogP contribution in [-0.4, -0.2) is 37.8 Å². The molecule has 0 aliphatic heterocycles. The molecule has 0 aliphatic rings. The topological polar surface area (TPSA) is 67.8 Å². The molecule has 1 aromatic heterocycles. The highest BCUT2D eigenvalue weighted by Gasteiger charge is 2.06. The van der Waals surface area contributed by atoms with Gasteiger partial charge in [0.15, 0.2) is 5.96 Å². The normalized spacial score (nSPS) is 10.9. The molecule has 2 N–H and O–H groups in total. The molecule has 27 heavy (non-hydrogen) atoms. The van der Waals surface area contributed by atoms with Gasteiger partial charge in [-0.15, -0.1) is 24.0 Å². The molecule has 1 aromatic carbocycles. The number of ether oxygens (including phenoxy) is 2. The van der Waals surface area contributed by atoms with Gasteiger partial charge in [-0.05, 0) is 25.5 Å². The van der Waals surface area contributed by atoms with Crippen LogP contribution in [0.2, 0.25) is 0 Å². The first-order valence-corrected chi connectivity index (χ1v) is 8.86. The molecular formula is C20H29IN4O2. The number of aliphatic imine (C=N–C) groups is 1. The molecule has 0 saturated heterocycles. The minimum atomic E-state index is 0. The second-order valence-corrected chi connectivity index (χ2v) is 5.84. The number of nitrogens with zero attached hydrogens (tertiary/aromatic N) is 2. The molecule has 0 bridgehead atoms. The van der Waals surface area contributed by atoms with Crippen molar-refractivity contribution in [3.05, 3.63) is 59.3 Å². The molecule has 0 aliphatic carbocycles. The van der Waals surface area contributed by atoms with Gasteiger partial charge in [-0.2, -0.15) is 0 Å². The van der Waals surface area contributed by atoms with Crippen LogP contribution in [0.3, 0.4) is 0 Å². The van der Waals surface area contributed by atoms with Gasteiger partial charge < -0.3 is 20.1 Å². The molecular weight excluding hydrogens is 455 g/mol. The summed E-state index contributed by atoms with van der Waals surface area (Å²) in [7, 11) is 1.65. The number of methoxy groups -OCH3 is 1. The van der Waals surface area contributed by atoms with E-state index in [1.54, 1.807) is 13.3 Å². The predicted molar refractivity (Wildman–Crippen MR) is 120 cm³/mol. The first-order valence-electron chi connectivity index (χ1n) is 8.86. The fraction of sp³-hybridized carbons (Fsp3) is 0.400. The monoisotopic (exact) mass is 484 g/mol. The average Bonchev–Trinajstić information content (AvgIpc) is 2.66. The number of benzene rings is 1. The van der Waals surface area contributed by atoms with Crippen molar-refractivity contribution in [1.29, 1.82) is 0 Å². The van der Waals surface area contributed by atoms with Gasteiger partial charge in [-0.1, -0.05) is 35.9 Å². The van der Waals surface area contributed by atoms with Gasteiger partial charge in [-0.3, -0.25) is 0 Å². The number of nitrogens with one attached hydrogen (secondary N) is 2.